The molecule has 0 N–H and O–H groups in total. The fourth-order valence-corrected chi connectivity index (χ4v) is 2.54. The molecule has 1 unspecified atom stereocenters. The third kappa shape index (κ3) is 4.46. The van der Waals surface area contributed by atoms with Gasteiger partial charge in [-0.3, -0.25) is 0 Å². The minimum absolute atomic E-state index is 0.0172. The summed E-state index contributed by atoms with van der Waals surface area (Å²) in [6.45, 7) is 2.17. The van der Waals surface area contributed by atoms with E-state index in [0.717, 1.165) is 12.8 Å². The van der Waals surface area contributed by atoms with Gasteiger partial charge in [0.2, 0.25) is 10.0 Å². The summed E-state index contributed by atoms with van der Waals surface area (Å²) in [5.41, 5.74) is 0. The van der Waals surface area contributed by atoms with Crippen molar-refractivity contribution in [1.82, 2.24) is 4.31 Å². The molecule has 5 nitrogen and oxygen atoms in total. The van der Waals surface area contributed by atoms with Gasteiger partial charge in [0, 0.05) is 20.2 Å². The second-order valence-electron chi connectivity index (χ2n) is 3.75. The van der Waals surface area contributed by atoms with Crippen LogP contribution in [0.4, 0.5) is 0 Å². The van der Waals surface area contributed by atoms with Crippen molar-refractivity contribution < 1.29 is 17.9 Å². The molecule has 6 heteroatoms. The van der Waals surface area contributed by atoms with Gasteiger partial charge in [-0.2, -0.15) is 4.31 Å². The van der Waals surface area contributed by atoms with Crippen molar-refractivity contribution >= 4 is 10.0 Å². The van der Waals surface area contributed by atoms with Crippen molar-refractivity contribution in [2.75, 3.05) is 39.7 Å². The van der Waals surface area contributed by atoms with Crippen LogP contribution in [-0.4, -0.2) is 58.5 Å². The van der Waals surface area contributed by atoms with E-state index in [4.69, 9.17) is 9.47 Å². The fourth-order valence-electron chi connectivity index (χ4n) is 1.64. The molecule has 0 aromatic carbocycles. The third-order valence-corrected chi connectivity index (χ3v) is 3.72. The molecule has 0 saturated carbocycles. The molecule has 1 saturated heterocycles. The summed E-state index contributed by atoms with van der Waals surface area (Å²) in [4.78, 5) is 0. The van der Waals surface area contributed by atoms with Crippen LogP contribution in [0.2, 0.25) is 0 Å². The van der Waals surface area contributed by atoms with E-state index in [0.29, 0.717) is 26.3 Å². The van der Waals surface area contributed by atoms with Gasteiger partial charge in [0.15, 0.2) is 0 Å². The number of hydrogen-bond donors (Lipinski definition) is 0. The molecule has 0 bridgehead atoms. The Hall–Kier alpha value is -0.170. The summed E-state index contributed by atoms with van der Waals surface area (Å²) < 4.78 is 34.5. The highest BCUT2D eigenvalue weighted by molar-refractivity contribution is 7.88. The number of rotatable bonds is 5. The van der Waals surface area contributed by atoms with Crippen LogP contribution in [0, 0.1) is 0 Å². The van der Waals surface area contributed by atoms with E-state index in [1.807, 2.05) is 0 Å². The second-order valence-corrected chi connectivity index (χ2v) is 5.73. The Kier molecular flexibility index (Phi) is 4.98. The maximum absolute atomic E-state index is 11.3. The Balaban J connectivity index is 2.36. The van der Waals surface area contributed by atoms with Crippen molar-refractivity contribution in [3.05, 3.63) is 0 Å². The van der Waals surface area contributed by atoms with E-state index in [9.17, 15) is 8.42 Å². The molecule has 1 aliphatic rings. The average molecular weight is 237 g/mol. The maximum atomic E-state index is 11.3. The van der Waals surface area contributed by atoms with Gasteiger partial charge in [-0.15, -0.1) is 0 Å². The standard InChI is InChI=1S/C9H19NO4S/c1-13-6-7-14-9-4-3-5-10(8-9)15(2,11)12/h9H,3-8H2,1-2H3. The van der Waals surface area contributed by atoms with E-state index >= 15 is 0 Å². The topological polar surface area (TPSA) is 55.8 Å². The summed E-state index contributed by atoms with van der Waals surface area (Å²) in [6, 6.07) is 0. The van der Waals surface area contributed by atoms with Crippen molar-refractivity contribution in [3.63, 3.8) is 0 Å². The number of methoxy groups -OCH3 is 1. The Morgan fingerprint density at radius 2 is 2.13 bits per heavy atom. The second kappa shape index (κ2) is 5.79. The average Bonchev–Trinajstić information content (AvgIpc) is 2.17. The van der Waals surface area contributed by atoms with Crippen molar-refractivity contribution in [1.29, 1.82) is 0 Å². The molecule has 0 spiro atoms. The molecule has 0 aromatic rings. The molecule has 1 rings (SSSR count). The van der Waals surface area contributed by atoms with Gasteiger partial charge in [0.25, 0.3) is 0 Å². The smallest absolute Gasteiger partial charge is 0.211 e. The van der Waals surface area contributed by atoms with Gasteiger partial charge in [-0.25, -0.2) is 8.42 Å². The summed E-state index contributed by atoms with van der Waals surface area (Å²) in [5, 5.41) is 0. The minimum Gasteiger partial charge on any atom is -0.382 e. The van der Waals surface area contributed by atoms with Crippen LogP contribution >= 0.6 is 0 Å². The zero-order valence-corrected chi connectivity index (χ0v) is 10.1. The van der Waals surface area contributed by atoms with E-state index in [1.54, 1.807) is 7.11 Å². The molecule has 1 heterocycles. The van der Waals surface area contributed by atoms with Crippen LogP contribution in [0.15, 0.2) is 0 Å². The van der Waals surface area contributed by atoms with Gasteiger partial charge >= 0.3 is 0 Å². The van der Waals surface area contributed by atoms with Gasteiger partial charge in [-0.1, -0.05) is 0 Å². The summed E-state index contributed by atoms with van der Waals surface area (Å²) in [6.07, 6.45) is 3.05. The predicted molar refractivity (Wildman–Crippen MR) is 57.3 cm³/mol. The summed E-state index contributed by atoms with van der Waals surface area (Å²) >= 11 is 0. The first-order chi connectivity index (χ1) is 7.04. The number of sulfonamides is 1. The molecule has 0 aliphatic carbocycles. The highest BCUT2D eigenvalue weighted by Gasteiger charge is 2.25. The van der Waals surface area contributed by atoms with Crippen LogP contribution in [0.25, 0.3) is 0 Å². The Morgan fingerprint density at radius 1 is 1.40 bits per heavy atom. The molecular weight excluding hydrogens is 218 g/mol. The van der Waals surface area contributed by atoms with Crippen LogP contribution in [-0.2, 0) is 19.5 Å². The summed E-state index contributed by atoms with van der Waals surface area (Å²) in [7, 11) is -1.45. The van der Waals surface area contributed by atoms with Crippen molar-refractivity contribution in [2.24, 2.45) is 0 Å². The number of piperidine rings is 1. The number of hydrogen-bond acceptors (Lipinski definition) is 4. The van der Waals surface area contributed by atoms with Crippen LogP contribution in [0.1, 0.15) is 12.8 Å². The molecule has 15 heavy (non-hydrogen) atoms. The lowest BCUT2D eigenvalue weighted by Gasteiger charge is -2.30. The number of nitrogens with zero attached hydrogens (tertiary/aromatic N) is 1. The van der Waals surface area contributed by atoms with E-state index in [2.05, 4.69) is 0 Å². The highest BCUT2D eigenvalue weighted by atomic mass is 32.2. The first-order valence-corrected chi connectivity index (χ1v) is 6.94. The van der Waals surface area contributed by atoms with Crippen LogP contribution in [0.3, 0.4) is 0 Å². The fraction of sp³-hybridized carbons (Fsp3) is 1.00. The van der Waals surface area contributed by atoms with Crippen LogP contribution < -0.4 is 0 Å². The maximum Gasteiger partial charge on any atom is 0.211 e. The largest absolute Gasteiger partial charge is 0.382 e. The van der Waals surface area contributed by atoms with Crippen LogP contribution in [0.5, 0.6) is 0 Å². The van der Waals surface area contributed by atoms with Crippen molar-refractivity contribution in [2.45, 2.75) is 18.9 Å². The monoisotopic (exact) mass is 237 g/mol. The number of ether oxygens (including phenoxy) is 2. The Labute approximate surface area is 91.4 Å². The normalized spacial score (nSPS) is 24.3. The molecular formula is C9H19NO4S. The van der Waals surface area contributed by atoms with Crippen molar-refractivity contribution in [3.8, 4) is 0 Å². The first kappa shape index (κ1) is 12.9. The quantitative estimate of drug-likeness (QED) is 0.635. The zero-order chi connectivity index (χ0) is 11.3. The molecule has 1 aliphatic heterocycles. The molecule has 0 amide bonds. The lowest BCUT2D eigenvalue weighted by atomic mass is 10.1. The zero-order valence-electron chi connectivity index (χ0n) is 9.31. The molecule has 1 fully saturated rings. The van der Waals surface area contributed by atoms with Gasteiger partial charge in [-0.05, 0) is 12.8 Å². The highest BCUT2D eigenvalue weighted by Crippen LogP contribution is 2.15. The molecule has 0 radical (unpaired) electrons. The summed E-state index contributed by atoms with van der Waals surface area (Å²) in [5.74, 6) is 0. The molecule has 90 valence electrons. The molecule has 1 atom stereocenters. The SMILES string of the molecule is COCCOC1CCCN(S(C)(=O)=O)C1. The lowest BCUT2D eigenvalue weighted by molar-refractivity contribution is -0.00642. The van der Waals surface area contributed by atoms with Gasteiger partial charge in [0.1, 0.15) is 0 Å². The Morgan fingerprint density at radius 3 is 2.73 bits per heavy atom. The first-order valence-electron chi connectivity index (χ1n) is 5.09. The van der Waals surface area contributed by atoms with E-state index in [-0.39, 0.29) is 6.10 Å². The lowest BCUT2D eigenvalue weighted by Crippen LogP contribution is -2.42. The van der Waals surface area contributed by atoms with Gasteiger partial charge in [0.05, 0.1) is 25.6 Å². The minimum atomic E-state index is -3.07. The third-order valence-electron chi connectivity index (χ3n) is 2.45. The van der Waals surface area contributed by atoms with E-state index in [1.165, 1.54) is 10.6 Å². The van der Waals surface area contributed by atoms with E-state index < -0.39 is 10.0 Å². The predicted octanol–water partition coefficient (Wildman–Crippen LogP) is 0.0734. The molecule has 0 aromatic heterocycles. The Bertz CT molecular complexity index is 278. The van der Waals surface area contributed by atoms with Gasteiger partial charge < -0.3 is 9.47 Å².